The zero-order valence-electron chi connectivity index (χ0n) is 22.9. The zero-order valence-corrected chi connectivity index (χ0v) is 23.8. The van der Waals surface area contributed by atoms with E-state index < -0.39 is 10.0 Å². The molecule has 0 spiro atoms. The molecule has 3 aliphatic heterocycles. The van der Waals surface area contributed by atoms with Crippen molar-refractivity contribution >= 4 is 33.3 Å². The number of rotatable bonds is 5. The molecule has 0 bridgehead atoms. The average Bonchev–Trinajstić information content (AvgIpc) is 3.63. The molecule has 1 atom stereocenters. The second-order valence-corrected chi connectivity index (χ2v) is 14.1. The Morgan fingerprint density at radius 3 is 2.38 bits per heavy atom. The first-order chi connectivity index (χ1) is 18.5. The minimum Gasteiger partial charge on any atom is -0.353 e. The number of aryl methyl sites for hydroxylation is 1. The van der Waals surface area contributed by atoms with Crippen molar-refractivity contribution in [2.45, 2.75) is 63.8 Å². The Balaban J connectivity index is 1.24. The van der Waals surface area contributed by atoms with Gasteiger partial charge in [-0.2, -0.15) is 0 Å². The number of nitrogens with one attached hydrogen (secondary N) is 1. The van der Waals surface area contributed by atoms with Crippen molar-refractivity contribution < 1.29 is 18.0 Å². The molecule has 208 valence electrons. The summed E-state index contributed by atoms with van der Waals surface area (Å²) in [4.78, 5) is 35.3. The van der Waals surface area contributed by atoms with Crippen LogP contribution in [0.15, 0.2) is 30.5 Å². The average molecular weight is 552 g/mol. The normalized spacial score (nSPS) is 24.2. The number of hydrogen-bond donors (Lipinski definition) is 1. The molecule has 1 saturated carbocycles. The SMILES string of the molecule is Cc1cc(C2CC2)cnc1N1CCN(C(=O)c2ccc(C3CC(C)(C)NC3=O)cc2N2CCCS2(=O)=O)CC1. The van der Waals surface area contributed by atoms with Gasteiger partial charge in [-0.25, -0.2) is 13.4 Å². The highest BCUT2D eigenvalue weighted by Crippen LogP contribution is 2.41. The third kappa shape index (κ3) is 4.99. The van der Waals surface area contributed by atoms with Crippen LogP contribution in [0.25, 0.3) is 0 Å². The van der Waals surface area contributed by atoms with Gasteiger partial charge in [0.1, 0.15) is 5.82 Å². The fourth-order valence-corrected chi connectivity index (χ4v) is 7.83. The smallest absolute Gasteiger partial charge is 0.256 e. The molecule has 2 amide bonds. The Bertz CT molecular complexity index is 1430. The van der Waals surface area contributed by atoms with Crippen LogP contribution < -0.4 is 14.5 Å². The number of anilines is 2. The van der Waals surface area contributed by atoms with Crippen molar-refractivity contribution in [3.63, 3.8) is 0 Å². The summed E-state index contributed by atoms with van der Waals surface area (Å²) in [6.07, 6.45) is 5.61. The molecule has 1 aliphatic carbocycles. The lowest BCUT2D eigenvalue weighted by atomic mass is 9.90. The molecule has 1 aromatic carbocycles. The lowest BCUT2D eigenvalue weighted by Gasteiger charge is -2.36. The molecule has 0 radical (unpaired) electrons. The number of piperazine rings is 1. The van der Waals surface area contributed by atoms with Crippen molar-refractivity contribution in [3.05, 3.63) is 52.7 Å². The van der Waals surface area contributed by atoms with Crippen LogP contribution in [0, 0.1) is 6.92 Å². The minimum absolute atomic E-state index is 0.0619. The van der Waals surface area contributed by atoms with Gasteiger partial charge in [0, 0.05) is 44.5 Å². The maximum Gasteiger partial charge on any atom is 0.256 e. The van der Waals surface area contributed by atoms with Crippen LogP contribution in [0.4, 0.5) is 11.5 Å². The first-order valence-electron chi connectivity index (χ1n) is 14.0. The molecule has 4 fully saturated rings. The highest BCUT2D eigenvalue weighted by Gasteiger charge is 2.40. The Morgan fingerprint density at radius 1 is 1.05 bits per heavy atom. The van der Waals surface area contributed by atoms with Crippen molar-refractivity contribution in [2.75, 3.05) is 47.7 Å². The van der Waals surface area contributed by atoms with E-state index in [0.717, 1.165) is 16.9 Å². The molecule has 6 rings (SSSR count). The Labute approximate surface area is 230 Å². The van der Waals surface area contributed by atoms with E-state index >= 15 is 0 Å². The Kier molecular flexibility index (Phi) is 6.36. The van der Waals surface area contributed by atoms with E-state index in [1.807, 2.05) is 26.1 Å². The second-order valence-electron chi connectivity index (χ2n) is 12.1. The quantitative estimate of drug-likeness (QED) is 0.613. The lowest BCUT2D eigenvalue weighted by Crippen LogP contribution is -2.49. The Hall–Kier alpha value is -3.14. The van der Waals surface area contributed by atoms with Crippen molar-refractivity contribution in [1.29, 1.82) is 0 Å². The number of sulfonamides is 1. The molecular formula is C29H37N5O4S. The van der Waals surface area contributed by atoms with E-state index in [1.165, 1.54) is 22.7 Å². The predicted molar refractivity (Wildman–Crippen MR) is 151 cm³/mol. The van der Waals surface area contributed by atoms with Crippen LogP contribution in [0.3, 0.4) is 0 Å². The van der Waals surface area contributed by atoms with Gasteiger partial charge in [-0.3, -0.25) is 13.9 Å². The Morgan fingerprint density at radius 2 is 1.79 bits per heavy atom. The van der Waals surface area contributed by atoms with E-state index in [9.17, 15) is 18.0 Å². The topological polar surface area (TPSA) is 103 Å². The molecule has 1 aromatic heterocycles. The van der Waals surface area contributed by atoms with Gasteiger partial charge in [0.25, 0.3) is 5.91 Å². The van der Waals surface area contributed by atoms with E-state index in [-0.39, 0.29) is 29.0 Å². The summed E-state index contributed by atoms with van der Waals surface area (Å²) < 4.78 is 27.2. The van der Waals surface area contributed by atoms with Crippen LogP contribution in [0.2, 0.25) is 0 Å². The summed E-state index contributed by atoms with van der Waals surface area (Å²) in [6, 6.07) is 7.53. The lowest BCUT2D eigenvalue weighted by molar-refractivity contribution is -0.120. The van der Waals surface area contributed by atoms with Gasteiger partial charge < -0.3 is 15.1 Å². The number of amides is 2. The molecular weight excluding hydrogens is 514 g/mol. The third-order valence-electron chi connectivity index (χ3n) is 8.50. The van der Waals surface area contributed by atoms with E-state index in [2.05, 4.69) is 23.2 Å². The molecule has 4 aliphatic rings. The number of pyridine rings is 1. The van der Waals surface area contributed by atoms with Crippen LogP contribution in [0.5, 0.6) is 0 Å². The fraction of sp³-hybridized carbons (Fsp3) is 0.552. The van der Waals surface area contributed by atoms with Gasteiger partial charge >= 0.3 is 0 Å². The molecule has 1 unspecified atom stereocenters. The van der Waals surface area contributed by atoms with Crippen molar-refractivity contribution in [2.24, 2.45) is 0 Å². The third-order valence-corrected chi connectivity index (χ3v) is 10.4. The van der Waals surface area contributed by atoms with Gasteiger partial charge in [-0.05, 0) is 81.2 Å². The fourth-order valence-electron chi connectivity index (χ4n) is 6.26. The van der Waals surface area contributed by atoms with E-state index in [4.69, 9.17) is 4.98 Å². The highest BCUT2D eigenvalue weighted by molar-refractivity contribution is 7.93. The monoisotopic (exact) mass is 551 g/mol. The number of benzene rings is 1. The number of nitrogens with zero attached hydrogens (tertiary/aromatic N) is 4. The first-order valence-corrected chi connectivity index (χ1v) is 15.6. The molecule has 9 nitrogen and oxygen atoms in total. The molecule has 4 heterocycles. The molecule has 1 N–H and O–H groups in total. The summed E-state index contributed by atoms with van der Waals surface area (Å²) in [5, 5.41) is 3.01. The largest absolute Gasteiger partial charge is 0.353 e. The summed E-state index contributed by atoms with van der Waals surface area (Å²) in [5.74, 6) is 1.07. The number of carbonyl (C=O) groups is 2. The van der Waals surface area contributed by atoms with Gasteiger partial charge in [0.15, 0.2) is 0 Å². The van der Waals surface area contributed by atoms with Gasteiger partial charge in [-0.15, -0.1) is 0 Å². The second kappa shape index (κ2) is 9.50. The summed E-state index contributed by atoms with van der Waals surface area (Å²) in [5.41, 5.74) is 3.66. The number of hydrogen-bond acceptors (Lipinski definition) is 6. The van der Waals surface area contributed by atoms with Crippen LogP contribution >= 0.6 is 0 Å². The van der Waals surface area contributed by atoms with Crippen LogP contribution in [-0.4, -0.2) is 74.1 Å². The maximum atomic E-state index is 13.8. The van der Waals surface area contributed by atoms with E-state index in [1.54, 1.807) is 17.0 Å². The van der Waals surface area contributed by atoms with E-state index in [0.29, 0.717) is 62.7 Å². The summed E-state index contributed by atoms with van der Waals surface area (Å²) in [7, 11) is -3.51. The first kappa shape index (κ1) is 26.1. The standard InChI is InChI=1S/C29H37N5O4S/c1-19-15-22(20-5-6-20)18-30-26(19)32-10-12-33(13-11-32)28(36)23-8-7-21(24-17-29(2,3)31-27(24)35)16-25(23)34-9-4-14-39(34,37)38/h7-8,15-16,18,20,24H,4-6,9-14,17H2,1-3H3,(H,31,35). The van der Waals surface area contributed by atoms with Crippen LogP contribution in [0.1, 0.15) is 78.4 Å². The highest BCUT2D eigenvalue weighted by atomic mass is 32.2. The molecule has 39 heavy (non-hydrogen) atoms. The minimum atomic E-state index is -3.51. The van der Waals surface area contributed by atoms with Gasteiger partial charge in [0.05, 0.1) is 22.9 Å². The predicted octanol–water partition coefficient (Wildman–Crippen LogP) is 3.15. The van der Waals surface area contributed by atoms with Crippen LogP contribution in [-0.2, 0) is 14.8 Å². The number of carbonyl (C=O) groups excluding carboxylic acids is 2. The molecule has 10 heteroatoms. The van der Waals surface area contributed by atoms with Gasteiger partial charge in [-0.1, -0.05) is 12.1 Å². The zero-order chi connectivity index (χ0) is 27.5. The van der Waals surface area contributed by atoms with Crippen molar-refractivity contribution in [3.8, 4) is 0 Å². The summed E-state index contributed by atoms with van der Waals surface area (Å²) >= 11 is 0. The number of aromatic nitrogens is 1. The van der Waals surface area contributed by atoms with Crippen molar-refractivity contribution in [1.82, 2.24) is 15.2 Å². The molecule has 3 saturated heterocycles. The molecule has 2 aromatic rings. The van der Waals surface area contributed by atoms with Gasteiger partial charge in [0.2, 0.25) is 15.9 Å². The maximum absolute atomic E-state index is 13.8. The summed E-state index contributed by atoms with van der Waals surface area (Å²) in [6.45, 7) is 8.77.